The highest BCUT2D eigenvalue weighted by molar-refractivity contribution is 5.97. The van der Waals surface area contributed by atoms with Crippen LogP contribution >= 0.6 is 0 Å². The van der Waals surface area contributed by atoms with Gasteiger partial charge in [-0.25, -0.2) is 0 Å². The van der Waals surface area contributed by atoms with Crippen LogP contribution < -0.4 is 5.32 Å². The van der Waals surface area contributed by atoms with Crippen molar-refractivity contribution in [3.05, 3.63) is 29.3 Å². The smallest absolute Gasteiger partial charge is 0.255 e. The van der Waals surface area contributed by atoms with Gasteiger partial charge in [0.1, 0.15) is 5.75 Å². The molecule has 0 bridgehead atoms. The van der Waals surface area contributed by atoms with Crippen LogP contribution in [0.5, 0.6) is 5.75 Å². The number of phenolic OH excluding ortho intramolecular Hbond substituents is 1. The monoisotopic (exact) mass is 217 g/mol. The van der Waals surface area contributed by atoms with Gasteiger partial charge in [0.15, 0.2) is 0 Å². The average molecular weight is 217 g/mol. The number of benzene rings is 1. The quantitative estimate of drug-likeness (QED) is 0.759. The Kier molecular flexibility index (Phi) is 3.96. The highest BCUT2D eigenvalue weighted by atomic mass is 16.3. The number of carbonyl (C=O) groups excluding carboxylic acids is 1. The molecule has 16 heavy (non-hydrogen) atoms. The maximum Gasteiger partial charge on any atom is 0.255 e. The fourth-order valence-corrected chi connectivity index (χ4v) is 1.36. The minimum atomic E-state index is -0.305. The van der Waals surface area contributed by atoms with Crippen molar-refractivity contribution in [3.8, 4) is 18.1 Å². The Morgan fingerprint density at radius 3 is 2.88 bits per heavy atom. The maximum absolute atomic E-state index is 11.7. The molecule has 0 heterocycles. The molecular formula is C13H15NO2. The second-order valence-electron chi connectivity index (χ2n) is 3.80. The van der Waals surface area contributed by atoms with E-state index in [0.717, 1.165) is 5.56 Å². The molecule has 0 fully saturated rings. The largest absolute Gasteiger partial charge is 0.507 e. The fourth-order valence-electron chi connectivity index (χ4n) is 1.36. The molecule has 0 aliphatic carbocycles. The van der Waals surface area contributed by atoms with E-state index in [2.05, 4.69) is 11.2 Å². The zero-order valence-electron chi connectivity index (χ0n) is 9.45. The summed E-state index contributed by atoms with van der Waals surface area (Å²) in [6.07, 6.45) is 5.61. The second kappa shape index (κ2) is 5.22. The molecule has 2 N–H and O–H groups in total. The third-order valence-electron chi connectivity index (χ3n) is 2.20. The molecule has 1 amide bonds. The minimum absolute atomic E-state index is 0.00888. The van der Waals surface area contributed by atoms with Crippen LogP contribution in [-0.2, 0) is 0 Å². The van der Waals surface area contributed by atoms with E-state index >= 15 is 0 Å². The van der Waals surface area contributed by atoms with Crippen molar-refractivity contribution in [1.82, 2.24) is 5.32 Å². The van der Waals surface area contributed by atoms with E-state index < -0.39 is 0 Å². The van der Waals surface area contributed by atoms with Crippen LogP contribution in [0.2, 0.25) is 0 Å². The van der Waals surface area contributed by atoms with E-state index in [0.29, 0.717) is 6.42 Å². The van der Waals surface area contributed by atoms with Gasteiger partial charge in [-0.15, -0.1) is 12.3 Å². The van der Waals surface area contributed by atoms with E-state index in [1.165, 1.54) is 0 Å². The molecule has 0 aliphatic heterocycles. The number of aryl methyl sites for hydroxylation is 1. The van der Waals surface area contributed by atoms with Crippen LogP contribution in [-0.4, -0.2) is 17.1 Å². The number of hydrogen-bond acceptors (Lipinski definition) is 2. The van der Waals surface area contributed by atoms with Crippen molar-refractivity contribution in [2.24, 2.45) is 0 Å². The summed E-state index contributed by atoms with van der Waals surface area (Å²) >= 11 is 0. The molecule has 0 aromatic heterocycles. The van der Waals surface area contributed by atoms with Crippen molar-refractivity contribution in [3.63, 3.8) is 0 Å². The summed E-state index contributed by atoms with van der Waals surface area (Å²) in [5.41, 5.74) is 1.18. The van der Waals surface area contributed by atoms with Gasteiger partial charge in [-0.2, -0.15) is 0 Å². The summed E-state index contributed by atoms with van der Waals surface area (Å²) in [5, 5.41) is 12.3. The van der Waals surface area contributed by atoms with Gasteiger partial charge in [-0.1, -0.05) is 6.07 Å². The van der Waals surface area contributed by atoms with Gasteiger partial charge in [0.05, 0.1) is 5.56 Å². The van der Waals surface area contributed by atoms with Crippen molar-refractivity contribution in [2.75, 3.05) is 0 Å². The normalized spacial score (nSPS) is 11.6. The molecule has 84 valence electrons. The van der Waals surface area contributed by atoms with Gasteiger partial charge in [0.2, 0.25) is 0 Å². The van der Waals surface area contributed by atoms with Crippen LogP contribution in [0, 0.1) is 19.3 Å². The zero-order valence-corrected chi connectivity index (χ0v) is 9.45. The first-order valence-corrected chi connectivity index (χ1v) is 5.08. The molecule has 0 spiro atoms. The van der Waals surface area contributed by atoms with E-state index in [9.17, 15) is 9.90 Å². The Morgan fingerprint density at radius 1 is 1.62 bits per heavy atom. The lowest BCUT2D eigenvalue weighted by atomic mass is 10.1. The summed E-state index contributed by atoms with van der Waals surface area (Å²) in [6, 6.07) is 4.84. The SMILES string of the molecule is C#CCC(C)NC(=O)c1ccc(C)cc1O. The molecule has 3 heteroatoms. The highest BCUT2D eigenvalue weighted by Crippen LogP contribution is 2.18. The summed E-state index contributed by atoms with van der Waals surface area (Å²) in [7, 11) is 0. The van der Waals surface area contributed by atoms with Gasteiger partial charge in [-0.05, 0) is 31.5 Å². The number of nitrogens with one attached hydrogen (secondary N) is 1. The Hall–Kier alpha value is -1.95. The summed E-state index contributed by atoms with van der Waals surface area (Å²) in [5.74, 6) is 2.16. The molecule has 0 radical (unpaired) electrons. The average Bonchev–Trinajstić information content (AvgIpc) is 2.17. The van der Waals surface area contributed by atoms with Gasteiger partial charge in [0, 0.05) is 12.5 Å². The third kappa shape index (κ3) is 3.03. The summed E-state index contributed by atoms with van der Waals surface area (Å²) < 4.78 is 0. The number of carbonyl (C=O) groups is 1. The van der Waals surface area contributed by atoms with Gasteiger partial charge in [0.25, 0.3) is 5.91 Å². The van der Waals surface area contributed by atoms with Crippen LogP contribution in [0.15, 0.2) is 18.2 Å². The fraction of sp³-hybridized carbons (Fsp3) is 0.308. The van der Waals surface area contributed by atoms with Crippen LogP contribution in [0.4, 0.5) is 0 Å². The molecular weight excluding hydrogens is 202 g/mol. The summed E-state index contributed by atoms with van der Waals surface area (Å²) in [4.78, 5) is 11.7. The number of hydrogen-bond donors (Lipinski definition) is 2. The van der Waals surface area contributed by atoms with Gasteiger partial charge in [-0.3, -0.25) is 4.79 Å². The molecule has 1 atom stereocenters. The van der Waals surface area contributed by atoms with Gasteiger partial charge < -0.3 is 10.4 Å². The molecule has 0 saturated heterocycles. The van der Waals surface area contributed by atoms with E-state index in [1.807, 2.05) is 13.8 Å². The third-order valence-corrected chi connectivity index (χ3v) is 2.20. The molecule has 1 aromatic rings. The zero-order chi connectivity index (χ0) is 12.1. The lowest BCUT2D eigenvalue weighted by molar-refractivity contribution is 0.0938. The lowest BCUT2D eigenvalue weighted by Gasteiger charge is -2.11. The molecule has 3 nitrogen and oxygen atoms in total. The Balaban J connectivity index is 2.78. The Bertz CT molecular complexity index is 432. The number of rotatable bonds is 3. The van der Waals surface area contributed by atoms with Crippen LogP contribution in [0.25, 0.3) is 0 Å². The van der Waals surface area contributed by atoms with Crippen LogP contribution in [0.3, 0.4) is 0 Å². The highest BCUT2D eigenvalue weighted by Gasteiger charge is 2.12. The van der Waals surface area contributed by atoms with Crippen molar-refractivity contribution in [2.45, 2.75) is 26.3 Å². The first-order valence-electron chi connectivity index (χ1n) is 5.08. The lowest BCUT2D eigenvalue weighted by Crippen LogP contribution is -2.32. The standard InChI is InChI=1S/C13H15NO2/c1-4-5-10(3)14-13(16)11-7-6-9(2)8-12(11)15/h1,6-8,10,15H,5H2,2-3H3,(H,14,16). The summed E-state index contributed by atoms with van der Waals surface area (Å²) in [6.45, 7) is 3.67. The van der Waals surface area contributed by atoms with Crippen LogP contribution in [0.1, 0.15) is 29.3 Å². The molecule has 0 aliphatic rings. The molecule has 0 saturated carbocycles. The predicted molar refractivity (Wildman–Crippen MR) is 63.2 cm³/mol. The van der Waals surface area contributed by atoms with Crippen molar-refractivity contribution >= 4 is 5.91 Å². The van der Waals surface area contributed by atoms with Crippen molar-refractivity contribution < 1.29 is 9.90 Å². The predicted octanol–water partition coefficient (Wildman–Crippen LogP) is 1.84. The van der Waals surface area contributed by atoms with Gasteiger partial charge >= 0.3 is 0 Å². The molecule has 1 rings (SSSR count). The maximum atomic E-state index is 11.7. The Labute approximate surface area is 95.5 Å². The number of aromatic hydroxyl groups is 1. The topological polar surface area (TPSA) is 49.3 Å². The van der Waals surface area contributed by atoms with Crippen molar-refractivity contribution in [1.29, 1.82) is 0 Å². The first kappa shape index (κ1) is 12.1. The number of amides is 1. The first-order chi connectivity index (χ1) is 7.54. The second-order valence-corrected chi connectivity index (χ2v) is 3.80. The number of terminal acetylenes is 1. The Morgan fingerprint density at radius 2 is 2.31 bits per heavy atom. The molecule has 1 unspecified atom stereocenters. The molecule has 1 aromatic carbocycles. The number of phenols is 1. The van der Waals surface area contributed by atoms with E-state index in [4.69, 9.17) is 6.42 Å². The van der Waals surface area contributed by atoms with E-state index in [-0.39, 0.29) is 23.3 Å². The minimum Gasteiger partial charge on any atom is -0.507 e. The van der Waals surface area contributed by atoms with E-state index in [1.54, 1.807) is 18.2 Å².